The van der Waals surface area contributed by atoms with Crippen molar-refractivity contribution >= 4 is 5.97 Å². The van der Waals surface area contributed by atoms with Crippen molar-refractivity contribution in [3.63, 3.8) is 0 Å². The fourth-order valence-electron chi connectivity index (χ4n) is 1.49. The summed E-state index contributed by atoms with van der Waals surface area (Å²) >= 11 is 0. The third kappa shape index (κ3) is 1.91. The van der Waals surface area contributed by atoms with Crippen LogP contribution in [0.25, 0.3) is 11.5 Å². The first-order valence-corrected chi connectivity index (χ1v) is 4.98. The highest BCUT2D eigenvalue weighted by Crippen LogP contribution is 2.31. The maximum absolute atomic E-state index is 13.5. The molecule has 1 aromatic heterocycles. The number of aryl methyl sites for hydroxylation is 1. The molecule has 0 aliphatic heterocycles. The van der Waals surface area contributed by atoms with E-state index in [1.165, 1.54) is 0 Å². The molecule has 0 aliphatic carbocycles. The fourth-order valence-corrected chi connectivity index (χ4v) is 1.49. The van der Waals surface area contributed by atoms with Gasteiger partial charge in [0.25, 0.3) is 0 Å². The number of oxazole rings is 1. The number of benzene rings is 1. The maximum Gasteiger partial charge on any atom is 0.358 e. The minimum absolute atomic E-state index is 0.337. The van der Waals surface area contributed by atoms with Crippen molar-refractivity contribution in [1.29, 1.82) is 0 Å². The molecule has 1 aromatic carbocycles. The Kier molecular flexibility index (Phi) is 3.20. The first-order chi connectivity index (χ1) is 9.25. The zero-order valence-electron chi connectivity index (χ0n) is 9.60. The summed E-state index contributed by atoms with van der Waals surface area (Å²) in [5, 5.41) is 8.70. The molecule has 9 heteroatoms. The van der Waals surface area contributed by atoms with E-state index in [2.05, 4.69) is 9.40 Å². The summed E-state index contributed by atoms with van der Waals surface area (Å²) in [6.07, 6.45) is 0. The summed E-state index contributed by atoms with van der Waals surface area (Å²) in [7, 11) is 0. The molecule has 0 unspecified atom stereocenters. The van der Waals surface area contributed by atoms with Crippen LogP contribution in [0.4, 0.5) is 22.0 Å². The number of hydrogen-bond acceptors (Lipinski definition) is 3. The van der Waals surface area contributed by atoms with Crippen LogP contribution in [0, 0.1) is 36.0 Å². The smallest absolute Gasteiger partial charge is 0.358 e. The lowest BCUT2D eigenvalue weighted by Crippen LogP contribution is -2.04. The van der Waals surface area contributed by atoms with Crippen molar-refractivity contribution in [3.8, 4) is 11.5 Å². The molecule has 0 atom stereocenters. The fraction of sp³-hybridized carbons (Fsp3) is 0.0909. The summed E-state index contributed by atoms with van der Waals surface area (Å²) in [6.45, 7) is 1.12. The van der Waals surface area contributed by atoms with Crippen LogP contribution in [0.15, 0.2) is 4.42 Å². The van der Waals surface area contributed by atoms with Gasteiger partial charge in [0, 0.05) is 0 Å². The molecule has 0 bridgehead atoms. The topological polar surface area (TPSA) is 63.3 Å². The van der Waals surface area contributed by atoms with E-state index < -0.39 is 52.2 Å². The van der Waals surface area contributed by atoms with Crippen LogP contribution in [0.1, 0.15) is 16.2 Å². The van der Waals surface area contributed by atoms with E-state index in [9.17, 15) is 26.7 Å². The standard InChI is InChI=1S/C11H4F5NO3/c1-2-9(11(18)19)17-10(20-2)3-4(12)6(14)8(16)7(15)5(3)13/h1H3,(H,18,19). The lowest BCUT2D eigenvalue weighted by Gasteiger charge is -2.04. The van der Waals surface area contributed by atoms with Gasteiger partial charge >= 0.3 is 5.97 Å². The molecular formula is C11H4F5NO3. The van der Waals surface area contributed by atoms with Crippen LogP contribution >= 0.6 is 0 Å². The predicted molar refractivity (Wildman–Crippen MR) is 53.4 cm³/mol. The number of carboxylic acids is 1. The molecule has 0 radical (unpaired) electrons. The van der Waals surface area contributed by atoms with Crippen LogP contribution in [-0.2, 0) is 0 Å². The Morgan fingerprint density at radius 1 is 1.00 bits per heavy atom. The first-order valence-electron chi connectivity index (χ1n) is 4.98. The van der Waals surface area contributed by atoms with Crippen LogP contribution in [-0.4, -0.2) is 16.1 Å². The van der Waals surface area contributed by atoms with Crippen molar-refractivity contribution in [2.75, 3.05) is 0 Å². The zero-order chi connectivity index (χ0) is 15.2. The van der Waals surface area contributed by atoms with Crippen LogP contribution in [0.2, 0.25) is 0 Å². The molecule has 0 fully saturated rings. The molecule has 0 spiro atoms. The summed E-state index contributed by atoms with van der Waals surface area (Å²) < 4.78 is 70.4. The first kappa shape index (κ1) is 14.0. The molecular weight excluding hydrogens is 289 g/mol. The average Bonchev–Trinajstić information content (AvgIpc) is 2.76. The SMILES string of the molecule is Cc1oc(-c2c(F)c(F)c(F)c(F)c2F)nc1C(=O)O. The molecule has 0 saturated carbocycles. The van der Waals surface area contributed by atoms with Crippen molar-refractivity contribution < 1.29 is 36.3 Å². The molecule has 106 valence electrons. The number of aromatic nitrogens is 1. The van der Waals surface area contributed by atoms with Crippen molar-refractivity contribution in [3.05, 3.63) is 40.5 Å². The van der Waals surface area contributed by atoms with Crippen LogP contribution in [0.5, 0.6) is 0 Å². The second kappa shape index (κ2) is 4.58. The molecule has 1 heterocycles. The van der Waals surface area contributed by atoms with Crippen LogP contribution < -0.4 is 0 Å². The Morgan fingerprint density at radius 2 is 1.45 bits per heavy atom. The minimum Gasteiger partial charge on any atom is -0.476 e. The highest BCUT2D eigenvalue weighted by molar-refractivity contribution is 5.87. The minimum atomic E-state index is -2.33. The van der Waals surface area contributed by atoms with Gasteiger partial charge in [-0.3, -0.25) is 0 Å². The molecule has 2 rings (SSSR count). The highest BCUT2D eigenvalue weighted by Gasteiger charge is 2.30. The van der Waals surface area contributed by atoms with E-state index in [4.69, 9.17) is 5.11 Å². The lowest BCUT2D eigenvalue weighted by atomic mass is 10.1. The Hall–Kier alpha value is -2.45. The van der Waals surface area contributed by atoms with Crippen LogP contribution in [0.3, 0.4) is 0 Å². The third-order valence-electron chi connectivity index (χ3n) is 2.42. The Balaban J connectivity index is 2.77. The van der Waals surface area contributed by atoms with Gasteiger partial charge in [-0.05, 0) is 6.92 Å². The molecule has 20 heavy (non-hydrogen) atoms. The summed E-state index contributed by atoms with van der Waals surface area (Å²) in [6, 6.07) is 0. The van der Waals surface area contributed by atoms with Gasteiger partial charge in [0.15, 0.2) is 29.0 Å². The molecule has 0 saturated heterocycles. The van der Waals surface area contributed by atoms with Gasteiger partial charge in [-0.2, -0.15) is 0 Å². The van der Waals surface area contributed by atoms with E-state index in [0.717, 1.165) is 6.92 Å². The number of carboxylic acid groups (broad SMARTS) is 1. The van der Waals surface area contributed by atoms with E-state index >= 15 is 0 Å². The monoisotopic (exact) mass is 293 g/mol. The molecule has 0 aliphatic rings. The summed E-state index contributed by atoms with van der Waals surface area (Å²) in [5.74, 6) is -13.9. The van der Waals surface area contributed by atoms with E-state index in [1.807, 2.05) is 0 Å². The van der Waals surface area contributed by atoms with Crippen molar-refractivity contribution in [2.45, 2.75) is 6.92 Å². The van der Waals surface area contributed by atoms with Crippen molar-refractivity contribution in [1.82, 2.24) is 4.98 Å². The predicted octanol–water partition coefficient (Wildman–Crippen LogP) is 3.04. The van der Waals surface area contributed by atoms with Gasteiger partial charge in [-0.25, -0.2) is 31.7 Å². The van der Waals surface area contributed by atoms with Gasteiger partial charge in [-0.15, -0.1) is 0 Å². The second-order valence-corrected chi connectivity index (χ2v) is 3.67. The largest absolute Gasteiger partial charge is 0.476 e. The highest BCUT2D eigenvalue weighted by atomic mass is 19.2. The number of rotatable bonds is 2. The summed E-state index contributed by atoms with van der Waals surface area (Å²) in [4.78, 5) is 13.9. The molecule has 0 amide bonds. The molecule has 2 aromatic rings. The van der Waals surface area contributed by atoms with Gasteiger partial charge in [0.05, 0.1) is 0 Å². The zero-order valence-corrected chi connectivity index (χ0v) is 9.60. The second-order valence-electron chi connectivity index (χ2n) is 3.67. The Labute approximate surface area is 107 Å². The van der Waals surface area contributed by atoms with Gasteiger partial charge in [0.2, 0.25) is 11.7 Å². The number of aromatic carboxylic acids is 1. The van der Waals surface area contributed by atoms with E-state index in [-0.39, 0.29) is 5.76 Å². The molecule has 4 nitrogen and oxygen atoms in total. The Bertz CT molecular complexity index is 696. The van der Waals surface area contributed by atoms with Crippen molar-refractivity contribution in [2.24, 2.45) is 0 Å². The van der Waals surface area contributed by atoms with E-state index in [1.54, 1.807) is 0 Å². The lowest BCUT2D eigenvalue weighted by molar-refractivity contribution is 0.0689. The quantitative estimate of drug-likeness (QED) is 0.525. The van der Waals surface area contributed by atoms with Gasteiger partial charge in [-0.1, -0.05) is 0 Å². The number of carbonyl (C=O) groups is 1. The summed E-state index contributed by atoms with van der Waals surface area (Å²) in [5.41, 5.74) is -2.11. The maximum atomic E-state index is 13.5. The van der Waals surface area contributed by atoms with Gasteiger partial charge < -0.3 is 9.52 Å². The number of hydrogen-bond donors (Lipinski definition) is 1. The Morgan fingerprint density at radius 3 is 1.85 bits per heavy atom. The third-order valence-corrected chi connectivity index (χ3v) is 2.42. The normalized spacial score (nSPS) is 10.9. The number of nitrogens with zero attached hydrogens (tertiary/aromatic N) is 1. The average molecular weight is 293 g/mol. The number of halogens is 5. The molecule has 1 N–H and O–H groups in total. The van der Waals surface area contributed by atoms with E-state index in [0.29, 0.717) is 0 Å². The van der Waals surface area contributed by atoms with Gasteiger partial charge in [0.1, 0.15) is 11.3 Å².